The monoisotopic (exact) mass is 482 g/mol. The van der Waals surface area contributed by atoms with E-state index in [0.29, 0.717) is 30.9 Å². The summed E-state index contributed by atoms with van der Waals surface area (Å²) >= 11 is 0. The highest BCUT2D eigenvalue weighted by Crippen LogP contribution is 2.46. The Hall–Kier alpha value is -3.48. The van der Waals surface area contributed by atoms with Crippen molar-refractivity contribution in [2.24, 2.45) is 11.8 Å². The Labute approximate surface area is 188 Å². The highest BCUT2D eigenvalue weighted by Gasteiger charge is 2.54. The van der Waals surface area contributed by atoms with Crippen molar-refractivity contribution in [2.45, 2.75) is 18.4 Å². The van der Waals surface area contributed by atoms with E-state index >= 15 is 0 Å². The van der Waals surface area contributed by atoms with Crippen molar-refractivity contribution in [1.82, 2.24) is 19.9 Å². The average Bonchev–Trinajstić information content (AvgIpc) is 3.18. The number of rotatable bonds is 5. The maximum Gasteiger partial charge on any atom is 0.433 e. The molecule has 2 unspecified atom stereocenters. The Bertz CT molecular complexity index is 1210. The van der Waals surface area contributed by atoms with Crippen LogP contribution in [0.5, 0.6) is 0 Å². The van der Waals surface area contributed by atoms with E-state index in [-0.39, 0.29) is 29.1 Å². The van der Waals surface area contributed by atoms with Crippen LogP contribution in [-0.2, 0) is 17.1 Å². The molecule has 1 aliphatic heterocycles. The van der Waals surface area contributed by atoms with Crippen LogP contribution in [0, 0.1) is 11.8 Å². The second-order valence-corrected chi connectivity index (χ2v) is 7.96. The molecule has 0 spiro atoms. The minimum Gasteiger partial charge on any atom is -0.381 e. The zero-order valence-electron chi connectivity index (χ0n) is 17.2. The molecule has 2 atom stereocenters. The van der Waals surface area contributed by atoms with Gasteiger partial charge in [0.2, 0.25) is 0 Å². The van der Waals surface area contributed by atoms with Crippen LogP contribution in [0.15, 0.2) is 42.6 Å². The quantitative estimate of drug-likeness (QED) is 0.507. The second-order valence-electron chi connectivity index (χ2n) is 7.96. The van der Waals surface area contributed by atoms with Crippen molar-refractivity contribution < 1.29 is 31.1 Å². The van der Waals surface area contributed by atoms with Gasteiger partial charge in [-0.1, -0.05) is 6.07 Å². The summed E-state index contributed by atoms with van der Waals surface area (Å²) in [5.41, 5.74) is -2.30. The number of pyridine rings is 2. The summed E-state index contributed by atoms with van der Waals surface area (Å²) in [7, 11) is 0. The minimum atomic E-state index is -4.66. The van der Waals surface area contributed by atoms with E-state index in [2.05, 4.69) is 30.6 Å². The number of nitrogens with zero attached hydrogens (tertiary/aromatic N) is 4. The van der Waals surface area contributed by atoms with Crippen LogP contribution < -0.4 is 10.6 Å². The highest BCUT2D eigenvalue weighted by atomic mass is 19.4. The fourth-order valence-corrected chi connectivity index (χ4v) is 3.85. The highest BCUT2D eigenvalue weighted by molar-refractivity contribution is 5.64. The van der Waals surface area contributed by atoms with Crippen molar-refractivity contribution in [3.63, 3.8) is 0 Å². The van der Waals surface area contributed by atoms with Gasteiger partial charge in [-0.3, -0.25) is 4.98 Å². The predicted molar refractivity (Wildman–Crippen MR) is 108 cm³/mol. The fourth-order valence-electron chi connectivity index (χ4n) is 3.85. The summed E-state index contributed by atoms with van der Waals surface area (Å²) in [6.07, 6.45) is -8.31. The first-order valence-corrected chi connectivity index (χ1v) is 10.2. The third-order valence-electron chi connectivity index (χ3n) is 5.58. The molecule has 178 valence electrons. The van der Waals surface area contributed by atoms with Crippen molar-refractivity contribution in [2.75, 3.05) is 23.8 Å². The molecule has 2 aliphatic rings. The van der Waals surface area contributed by atoms with Crippen molar-refractivity contribution in [1.29, 1.82) is 0 Å². The Morgan fingerprint density at radius 2 is 1.53 bits per heavy atom. The molecule has 1 aliphatic carbocycles. The van der Waals surface area contributed by atoms with E-state index in [0.717, 1.165) is 18.3 Å². The first-order valence-electron chi connectivity index (χ1n) is 10.2. The molecule has 3 aromatic rings. The number of ether oxygens (including phenoxy) is 1. The third-order valence-corrected chi connectivity index (χ3v) is 5.58. The number of hydrogen-bond donors (Lipinski definition) is 2. The lowest BCUT2D eigenvalue weighted by Gasteiger charge is -2.14. The van der Waals surface area contributed by atoms with E-state index in [9.17, 15) is 26.3 Å². The SMILES string of the molecule is FC(F)(F)c1cc(Nc2cc(NC3C4COCC43)nc(-c3cccc(C(F)(F)F)n3)n2)ccn1. The van der Waals surface area contributed by atoms with Gasteiger partial charge in [0.1, 0.15) is 28.7 Å². The van der Waals surface area contributed by atoms with E-state index in [1.807, 2.05) is 0 Å². The van der Waals surface area contributed by atoms with Crippen LogP contribution >= 0.6 is 0 Å². The van der Waals surface area contributed by atoms with Crippen LogP contribution in [0.2, 0.25) is 0 Å². The summed E-state index contributed by atoms with van der Waals surface area (Å²) in [5.74, 6) is 0.863. The summed E-state index contributed by atoms with van der Waals surface area (Å²) in [4.78, 5) is 15.4. The molecule has 5 rings (SSSR count). The molecule has 0 aromatic carbocycles. The molecule has 1 saturated carbocycles. The van der Waals surface area contributed by atoms with E-state index in [4.69, 9.17) is 4.74 Å². The molecule has 7 nitrogen and oxygen atoms in total. The number of nitrogens with one attached hydrogen (secondary N) is 2. The molecular weight excluding hydrogens is 466 g/mol. The molecule has 2 fully saturated rings. The van der Waals surface area contributed by atoms with Gasteiger partial charge in [0.05, 0.1) is 13.2 Å². The van der Waals surface area contributed by atoms with Crippen molar-refractivity contribution in [3.8, 4) is 11.5 Å². The molecule has 1 saturated heterocycles. The van der Waals surface area contributed by atoms with Crippen molar-refractivity contribution >= 4 is 17.3 Å². The number of anilines is 3. The maximum atomic E-state index is 13.1. The summed E-state index contributed by atoms with van der Waals surface area (Å²) in [6, 6.07) is 7.01. The number of aromatic nitrogens is 4. The Kier molecular flexibility index (Phi) is 5.30. The largest absolute Gasteiger partial charge is 0.433 e. The molecule has 0 radical (unpaired) electrons. The average molecular weight is 482 g/mol. The minimum absolute atomic E-state index is 0.0478. The molecular formula is C21H16F6N6O. The fraction of sp³-hybridized carbons (Fsp3) is 0.333. The van der Waals surface area contributed by atoms with Gasteiger partial charge in [0, 0.05) is 35.8 Å². The first-order chi connectivity index (χ1) is 16.1. The van der Waals surface area contributed by atoms with Gasteiger partial charge in [-0.05, 0) is 24.3 Å². The number of fused-ring (bicyclic) bond motifs is 1. The summed E-state index contributed by atoms with van der Waals surface area (Å²) in [5, 5.41) is 5.97. The maximum absolute atomic E-state index is 13.1. The van der Waals surface area contributed by atoms with Gasteiger partial charge >= 0.3 is 12.4 Å². The van der Waals surface area contributed by atoms with Gasteiger partial charge in [0.15, 0.2) is 5.82 Å². The lowest BCUT2D eigenvalue weighted by atomic mass is 10.2. The van der Waals surface area contributed by atoms with Crippen LogP contribution in [0.1, 0.15) is 11.4 Å². The predicted octanol–water partition coefficient (Wildman–Crippen LogP) is 4.77. The lowest BCUT2D eigenvalue weighted by Crippen LogP contribution is -2.15. The molecule has 13 heteroatoms. The Morgan fingerprint density at radius 3 is 2.24 bits per heavy atom. The molecule has 34 heavy (non-hydrogen) atoms. The number of halogens is 6. The van der Waals surface area contributed by atoms with Gasteiger partial charge in [-0.25, -0.2) is 15.0 Å². The standard InChI is InChI=1S/C21H16F6N6O/c22-20(23,24)14-3-1-2-13(30-14)19-32-16(29-10-4-5-28-15(6-10)21(25,26)27)7-17(33-19)31-18-11-8-34-9-12(11)18/h1-7,11-12,18H,8-9H2,(H2,28,29,31,32,33). The smallest absolute Gasteiger partial charge is 0.381 e. The molecule has 0 bridgehead atoms. The lowest BCUT2D eigenvalue weighted by molar-refractivity contribution is -0.141. The third kappa shape index (κ3) is 4.60. The summed E-state index contributed by atoms with van der Waals surface area (Å²) in [6.45, 7) is 1.19. The molecule has 4 heterocycles. The van der Waals surface area contributed by atoms with E-state index in [1.54, 1.807) is 0 Å². The first kappa shape index (κ1) is 22.3. The normalized spacial score (nSPS) is 21.8. The summed E-state index contributed by atoms with van der Waals surface area (Å²) < 4.78 is 83.8. The van der Waals surface area contributed by atoms with E-state index < -0.39 is 23.7 Å². The number of hydrogen-bond acceptors (Lipinski definition) is 7. The van der Waals surface area contributed by atoms with Gasteiger partial charge in [-0.15, -0.1) is 0 Å². The van der Waals surface area contributed by atoms with Gasteiger partial charge < -0.3 is 15.4 Å². The zero-order chi connectivity index (χ0) is 24.1. The molecule has 0 amide bonds. The molecule has 2 N–H and O–H groups in total. The van der Waals surface area contributed by atoms with Crippen LogP contribution in [0.25, 0.3) is 11.5 Å². The van der Waals surface area contributed by atoms with Crippen LogP contribution in [0.3, 0.4) is 0 Å². The number of alkyl halides is 6. The topological polar surface area (TPSA) is 84.9 Å². The Balaban J connectivity index is 1.49. The van der Waals surface area contributed by atoms with Gasteiger partial charge in [-0.2, -0.15) is 26.3 Å². The second kappa shape index (κ2) is 8.08. The zero-order valence-corrected chi connectivity index (χ0v) is 17.2. The molecule has 3 aromatic heterocycles. The van der Waals surface area contributed by atoms with Gasteiger partial charge in [0.25, 0.3) is 0 Å². The Morgan fingerprint density at radius 1 is 0.824 bits per heavy atom. The van der Waals surface area contributed by atoms with Crippen LogP contribution in [-0.4, -0.2) is 39.2 Å². The van der Waals surface area contributed by atoms with E-state index in [1.165, 1.54) is 24.3 Å². The van der Waals surface area contributed by atoms with Crippen LogP contribution in [0.4, 0.5) is 43.7 Å². The van der Waals surface area contributed by atoms with Crippen molar-refractivity contribution in [3.05, 3.63) is 54.0 Å².